The molecule has 8 heteroatoms. The van der Waals surface area contributed by atoms with Crippen LogP contribution in [-0.4, -0.2) is 15.9 Å². The lowest BCUT2D eigenvalue weighted by molar-refractivity contribution is -0.115. The number of aromatic amines is 1. The van der Waals surface area contributed by atoms with Crippen molar-refractivity contribution in [1.29, 1.82) is 0 Å². The number of rotatable bonds is 6. The molecule has 2 N–H and O–H groups in total. The Hall–Kier alpha value is -2.45. The van der Waals surface area contributed by atoms with Gasteiger partial charge in [-0.15, -0.1) is 0 Å². The van der Waals surface area contributed by atoms with Crippen molar-refractivity contribution in [2.45, 2.75) is 31.2 Å². The number of amides is 1. The van der Waals surface area contributed by atoms with E-state index in [9.17, 15) is 14.0 Å². The number of carbonyl (C=O) groups excluding carboxylic acids is 1. The lowest BCUT2D eigenvalue weighted by Crippen LogP contribution is -2.23. The first-order chi connectivity index (χ1) is 13.8. The second-order valence-corrected chi connectivity index (χ2v) is 8.36. The summed E-state index contributed by atoms with van der Waals surface area (Å²) in [6, 6.07) is 11.7. The minimum absolute atomic E-state index is 0.0633. The second-order valence-electron chi connectivity index (χ2n) is 6.54. The van der Waals surface area contributed by atoms with Crippen molar-refractivity contribution in [3.63, 3.8) is 0 Å². The molecule has 0 aliphatic heterocycles. The number of aromatic nitrogens is 2. The molecule has 0 aliphatic carbocycles. The van der Waals surface area contributed by atoms with E-state index in [4.69, 9.17) is 0 Å². The highest BCUT2D eigenvalue weighted by atomic mass is 79.9. The maximum atomic E-state index is 13.0. The van der Waals surface area contributed by atoms with Gasteiger partial charge in [-0.25, -0.2) is 9.37 Å². The van der Waals surface area contributed by atoms with Crippen LogP contribution in [0.1, 0.15) is 22.4 Å². The van der Waals surface area contributed by atoms with Crippen LogP contribution in [0.5, 0.6) is 0 Å². The Morgan fingerprint density at radius 1 is 1.21 bits per heavy atom. The van der Waals surface area contributed by atoms with Gasteiger partial charge in [0.05, 0.1) is 6.42 Å². The van der Waals surface area contributed by atoms with Crippen molar-refractivity contribution < 1.29 is 9.18 Å². The largest absolute Gasteiger partial charge is 0.326 e. The van der Waals surface area contributed by atoms with Crippen LogP contribution in [-0.2, 0) is 17.0 Å². The minimum Gasteiger partial charge on any atom is -0.326 e. The molecule has 0 unspecified atom stereocenters. The van der Waals surface area contributed by atoms with Crippen LogP contribution in [0.25, 0.3) is 0 Å². The zero-order valence-corrected chi connectivity index (χ0v) is 18.3. The maximum Gasteiger partial charge on any atom is 0.255 e. The van der Waals surface area contributed by atoms with Crippen LogP contribution in [0.3, 0.4) is 0 Å². The maximum absolute atomic E-state index is 13.0. The third kappa shape index (κ3) is 5.77. The molecule has 0 atom stereocenters. The van der Waals surface area contributed by atoms with Crippen molar-refractivity contribution >= 4 is 39.3 Å². The van der Waals surface area contributed by atoms with E-state index >= 15 is 0 Å². The van der Waals surface area contributed by atoms with Crippen molar-refractivity contribution in [3.05, 3.63) is 85.5 Å². The predicted octanol–water partition coefficient (Wildman–Crippen LogP) is 4.76. The van der Waals surface area contributed by atoms with Gasteiger partial charge in [0.1, 0.15) is 5.82 Å². The molecule has 5 nitrogen and oxygen atoms in total. The summed E-state index contributed by atoms with van der Waals surface area (Å²) in [5.74, 6) is -0.0262. The Bertz CT molecular complexity index is 1100. The zero-order valence-electron chi connectivity index (χ0n) is 15.9. The van der Waals surface area contributed by atoms with Crippen LogP contribution in [0, 0.1) is 19.7 Å². The molecule has 0 bridgehead atoms. The molecule has 2 aromatic carbocycles. The molecule has 0 fully saturated rings. The Morgan fingerprint density at radius 2 is 1.93 bits per heavy atom. The first-order valence-corrected chi connectivity index (χ1v) is 10.6. The average Bonchev–Trinajstić information content (AvgIpc) is 2.67. The third-order valence-corrected chi connectivity index (χ3v) is 6.10. The van der Waals surface area contributed by atoms with Crippen molar-refractivity contribution in [2.24, 2.45) is 0 Å². The summed E-state index contributed by atoms with van der Waals surface area (Å²) in [5.41, 5.74) is 3.11. The highest BCUT2D eigenvalue weighted by Crippen LogP contribution is 2.21. The number of anilines is 1. The van der Waals surface area contributed by atoms with E-state index in [2.05, 4.69) is 31.2 Å². The Morgan fingerprint density at radius 3 is 2.59 bits per heavy atom. The highest BCUT2D eigenvalue weighted by molar-refractivity contribution is 9.10. The van der Waals surface area contributed by atoms with E-state index in [1.807, 2.05) is 19.1 Å². The summed E-state index contributed by atoms with van der Waals surface area (Å²) in [7, 11) is 0. The molecule has 150 valence electrons. The van der Waals surface area contributed by atoms with Crippen molar-refractivity contribution in [2.75, 3.05) is 5.32 Å². The highest BCUT2D eigenvalue weighted by Gasteiger charge is 2.13. The summed E-state index contributed by atoms with van der Waals surface area (Å²) in [6.45, 7) is 3.64. The van der Waals surface area contributed by atoms with E-state index in [-0.39, 0.29) is 23.7 Å². The molecule has 0 spiro atoms. The quantitative estimate of drug-likeness (QED) is 0.398. The van der Waals surface area contributed by atoms with E-state index < -0.39 is 0 Å². The second kappa shape index (κ2) is 9.37. The van der Waals surface area contributed by atoms with Crippen LogP contribution in [0.2, 0.25) is 0 Å². The fourth-order valence-electron chi connectivity index (χ4n) is 2.68. The minimum atomic E-state index is -0.332. The van der Waals surface area contributed by atoms with Gasteiger partial charge in [0, 0.05) is 27.2 Å². The normalized spacial score (nSPS) is 10.8. The lowest BCUT2D eigenvalue weighted by atomic mass is 10.1. The number of carbonyl (C=O) groups is 1. The van der Waals surface area contributed by atoms with Gasteiger partial charge in [0.15, 0.2) is 5.16 Å². The molecule has 0 saturated heterocycles. The van der Waals surface area contributed by atoms with Gasteiger partial charge in [-0.05, 0) is 55.3 Å². The summed E-state index contributed by atoms with van der Waals surface area (Å²) in [4.78, 5) is 31.9. The number of nitrogens with zero attached hydrogens (tertiary/aromatic N) is 1. The van der Waals surface area contributed by atoms with Gasteiger partial charge < -0.3 is 10.3 Å². The van der Waals surface area contributed by atoms with Gasteiger partial charge in [0.25, 0.3) is 5.56 Å². The number of aryl methyl sites for hydroxylation is 2. The van der Waals surface area contributed by atoms with Crippen molar-refractivity contribution in [1.82, 2.24) is 9.97 Å². The number of benzene rings is 2. The van der Waals surface area contributed by atoms with Crippen LogP contribution in [0.15, 0.2) is 56.9 Å². The Kier molecular flexibility index (Phi) is 6.87. The van der Waals surface area contributed by atoms with Gasteiger partial charge in [0.2, 0.25) is 5.91 Å². The molecule has 0 radical (unpaired) electrons. The number of hydrogen-bond donors (Lipinski definition) is 2. The SMILES string of the molecule is Cc1cc(NC(=O)Cc2c(C)nc(SCc3ccc(F)cc3)[nH]c2=O)ccc1Br. The molecule has 29 heavy (non-hydrogen) atoms. The number of halogens is 2. The van der Waals surface area contributed by atoms with Gasteiger partial charge in [-0.3, -0.25) is 9.59 Å². The fourth-order valence-corrected chi connectivity index (χ4v) is 3.79. The standard InChI is InChI=1S/C21H19BrFN3O2S/c1-12-9-16(7-8-18(12)22)25-19(27)10-17-13(2)24-21(26-20(17)28)29-11-14-3-5-15(23)6-4-14/h3-9H,10-11H2,1-2H3,(H,25,27)(H,24,26,28). The van der Waals surface area contributed by atoms with E-state index in [0.717, 1.165) is 15.6 Å². The Labute approximate surface area is 180 Å². The monoisotopic (exact) mass is 475 g/mol. The number of thioether (sulfide) groups is 1. The smallest absolute Gasteiger partial charge is 0.255 e. The molecule has 1 aromatic heterocycles. The van der Waals surface area contributed by atoms with E-state index in [1.54, 1.807) is 25.1 Å². The lowest BCUT2D eigenvalue weighted by Gasteiger charge is -2.09. The molecule has 0 saturated carbocycles. The molecular formula is C21H19BrFN3O2S. The average molecular weight is 476 g/mol. The van der Waals surface area contributed by atoms with Gasteiger partial charge in [-0.1, -0.05) is 39.8 Å². The first kappa shape index (κ1) is 21.3. The van der Waals surface area contributed by atoms with Crippen LogP contribution in [0.4, 0.5) is 10.1 Å². The summed E-state index contributed by atoms with van der Waals surface area (Å²) in [5, 5.41) is 3.27. The van der Waals surface area contributed by atoms with Crippen LogP contribution < -0.4 is 10.9 Å². The third-order valence-electron chi connectivity index (χ3n) is 4.27. The molecule has 3 rings (SSSR count). The number of H-pyrrole nitrogens is 1. The fraction of sp³-hybridized carbons (Fsp3) is 0.190. The number of nitrogens with one attached hydrogen (secondary N) is 2. The van der Waals surface area contributed by atoms with Gasteiger partial charge >= 0.3 is 0 Å². The predicted molar refractivity (Wildman–Crippen MR) is 117 cm³/mol. The molecule has 1 amide bonds. The molecule has 3 aromatic rings. The topological polar surface area (TPSA) is 74.8 Å². The Balaban J connectivity index is 1.66. The molecule has 1 heterocycles. The van der Waals surface area contributed by atoms with E-state index in [1.165, 1.54) is 23.9 Å². The zero-order chi connectivity index (χ0) is 21.0. The molecular weight excluding hydrogens is 457 g/mol. The summed E-state index contributed by atoms with van der Waals surface area (Å²) >= 11 is 4.77. The first-order valence-electron chi connectivity index (χ1n) is 8.85. The summed E-state index contributed by atoms with van der Waals surface area (Å²) < 4.78 is 13.9. The van der Waals surface area contributed by atoms with E-state index in [0.29, 0.717) is 27.9 Å². The van der Waals surface area contributed by atoms with Crippen molar-refractivity contribution in [3.8, 4) is 0 Å². The van der Waals surface area contributed by atoms with Gasteiger partial charge in [-0.2, -0.15) is 0 Å². The summed E-state index contributed by atoms with van der Waals surface area (Å²) in [6.07, 6.45) is -0.0633. The van der Waals surface area contributed by atoms with Crippen LogP contribution >= 0.6 is 27.7 Å². The number of hydrogen-bond acceptors (Lipinski definition) is 4. The molecule has 0 aliphatic rings.